The van der Waals surface area contributed by atoms with Gasteiger partial charge in [0.15, 0.2) is 11.5 Å². The van der Waals surface area contributed by atoms with E-state index in [0.29, 0.717) is 23.7 Å². The molecule has 2 aromatic rings. The van der Waals surface area contributed by atoms with Gasteiger partial charge in [0.1, 0.15) is 6.04 Å². The van der Waals surface area contributed by atoms with Crippen molar-refractivity contribution in [2.75, 3.05) is 13.7 Å². The summed E-state index contributed by atoms with van der Waals surface area (Å²) in [4.78, 5) is 23.9. The van der Waals surface area contributed by atoms with Gasteiger partial charge in [0.25, 0.3) is 0 Å². The lowest BCUT2D eigenvalue weighted by Crippen LogP contribution is -2.36. The zero-order chi connectivity index (χ0) is 20.4. The minimum absolute atomic E-state index is 0.421. The van der Waals surface area contributed by atoms with Gasteiger partial charge in [-0.1, -0.05) is 49.7 Å². The van der Waals surface area contributed by atoms with E-state index in [4.69, 9.17) is 15.2 Å². The molecule has 2 amide bonds. The molecule has 0 saturated heterocycles. The fraction of sp³-hybridized carbons (Fsp3) is 0.273. The maximum absolute atomic E-state index is 12.2. The van der Waals surface area contributed by atoms with Crippen molar-refractivity contribution in [3.05, 3.63) is 65.7 Å². The summed E-state index contributed by atoms with van der Waals surface area (Å²) >= 11 is 0. The molecule has 0 aromatic heterocycles. The lowest BCUT2D eigenvalue weighted by molar-refractivity contribution is -0.125. The van der Waals surface area contributed by atoms with Crippen molar-refractivity contribution in [1.82, 2.24) is 5.32 Å². The molecule has 0 heterocycles. The first kappa shape index (κ1) is 21.0. The van der Waals surface area contributed by atoms with Gasteiger partial charge in [-0.3, -0.25) is 9.59 Å². The predicted octanol–water partition coefficient (Wildman–Crippen LogP) is 3.23. The summed E-state index contributed by atoms with van der Waals surface area (Å²) in [7, 11) is 1.57. The second kappa shape index (κ2) is 10.8. The molecule has 0 aliphatic heterocycles. The zero-order valence-electron chi connectivity index (χ0n) is 16.2. The maximum Gasteiger partial charge on any atom is 0.244 e. The van der Waals surface area contributed by atoms with E-state index in [1.54, 1.807) is 43.5 Å². The molecule has 0 aliphatic rings. The van der Waals surface area contributed by atoms with E-state index >= 15 is 0 Å². The van der Waals surface area contributed by atoms with Gasteiger partial charge in [0, 0.05) is 6.08 Å². The van der Waals surface area contributed by atoms with Crippen molar-refractivity contribution >= 4 is 17.9 Å². The van der Waals surface area contributed by atoms with Crippen LogP contribution < -0.4 is 20.5 Å². The summed E-state index contributed by atoms with van der Waals surface area (Å²) in [5.41, 5.74) is 6.82. The highest BCUT2D eigenvalue weighted by Gasteiger charge is 2.18. The van der Waals surface area contributed by atoms with Crippen LogP contribution in [-0.2, 0) is 9.59 Å². The highest BCUT2D eigenvalue weighted by molar-refractivity contribution is 5.95. The lowest BCUT2D eigenvalue weighted by atomic mass is 10.1. The molecule has 1 unspecified atom stereocenters. The van der Waals surface area contributed by atoms with Crippen molar-refractivity contribution in [2.45, 2.75) is 25.8 Å². The third-order valence-electron chi connectivity index (χ3n) is 4.07. The van der Waals surface area contributed by atoms with E-state index in [1.165, 1.54) is 6.08 Å². The van der Waals surface area contributed by atoms with Crippen LogP contribution >= 0.6 is 0 Å². The molecule has 3 N–H and O–H groups in total. The molecule has 148 valence electrons. The topological polar surface area (TPSA) is 90.6 Å². The monoisotopic (exact) mass is 382 g/mol. The average Bonchev–Trinajstić information content (AvgIpc) is 2.71. The number of carbonyl (C=O) groups is 2. The van der Waals surface area contributed by atoms with Crippen LogP contribution in [0.15, 0.2) is 54.6 Å². The van der Waals surface area contributed by atoms with E-state index in [9.17, 15) is 9.59 Å². The van der Waals surface area contributed by atoms with Crippen LogP contribution in [0.25, 0.3) is 6.08 Å². The number of nitrogens with two attached hydrogens (primary N) is 1. The summed E-state index contributed by atoms with van der Waals surface area (Å²) in [5, 5.41) is 2.62. The van der Waals surface area contributed by atoms with Gasteiger partial charge in [-0.2, -0.15) is 0 Å². The standard InChI is InChI=1S/C22H26N2O4/c1-3-4-14-28-18-12-10-16(15-19(18)27-2)11-13-20(25)24-21(22(23)26)17-8-6-5-7-9-17/h5-13,15,21H,3-4,14H2,1-2H3,(H2,23,26)(H,24,25)/b13-11+. The molecular formula is C22H26N2O4. The Morgan fingerprint density at radius 1 is 1.14 bits per heavy atom. The smallest absolute Gasteiger partial charge is 0.244 e. The molecule has 0 saturated carbocycles. The van der Waals surface area contributed by atoms with Gasteiger partial charge in [0.2, 0.25) is 11.8 Å². The van der Waals surface area contributed by atoms with Crippen LogP contribution in [0.3, 0.4) is 0 Å². The number of amides is 2. The molecular weight excluding hydrogens is 356 g/mol. The molecule has 2 rings (SSSR count). The summed E-state index contributed by atoms with van der Waals surface area (Å²) in [5.74, 6) is 0.214. The number of nitrogens with one attached hydrogen (secondary N) is 1. The number of benzene rings is 2. The number of unbranched alkanes of at least 4 members (excludes halogenated alkanes) is 1. The van der Waals surface area contributed by atoms with E-state index < -0.39 is 17.9 Å². The number of hydrogen-bond acceptors (Lipinski definition) is 4. The Balaban J connectivity index is 2.05. The Labute approximate surface area is 165 Å². The molecule has 2 aromatic carbocycles. The van der Waals surface area contributed by atoms with Crippen molar-refractivity contribution in [3.8, 4) is 11.5 Å². The molecule has 0 aliphatic carbocycles. The predicted molar refractivity (Wildman–Crippen MR) is 109 cm³/mol. The van der Waals surface area contributed by atoms with Gasteiger partial charge in [0.05, 0.1) is 13.7 Å². The first-order valence-electron chi connectivity index (χ1n) is 9.18. The summed E-state index contributed by atoms with van der Waals surface area (Å²) in [6, 6.07) is 13.4. The van der Waals surface area contributed by atoms with Crippen LogP contribution in [-0.4, -0.2) is 25.5 Å². The van der Waals surface area contributed by atoms with Gasteiger partial charge in [-0.25, -0.2) is 0 Å². The summed E-state index contributed by atoms with van der Waals surface area (Å²) < 4.78 is 11.1. The van der Waals surface area contributed by atoms with Crippen LogP contribution in [0, 0.1) is 0 Å². The third kappa shape index (κ3) is 6.16. The first-order chi connectivity index (χ1) is 13.5. The second-order valence-corrected chi connectivity index (χ2v) is 6.20. The lowest BCUT2D eigenvalue weighted by Gasteiger charge is -2.14. The van der Waals surface area contributed by atoms with Gasteiger partial charge in [-0.05, 0) is 35.8 Å². The SMILES string of the molecule is CCCCOc1ccc(/C=C/C(=O)NC(C(N)=O)c2ccccc2)cc1OC. The van der Waals surface area contributed by atoms with E-state index in [2.05, 4.69) is 12.2 Å². The maximum atomic E-state index is 12.2. The molecule has 6 nitrogen and oxygen atoms in total. The van der Waals surface area contributed by atoms with Crippen LogP contribution in [0.5, 0.6) is 11.5 Å². The molecule has 28 heavy (non-hydrogen) atoms. The molecule has 1 atom stereocenters. The Morgan fingerprint density at radius 2 is 1.89 bits per heavy atom. The van der Waals surface area contributed by atoms with Crippen molar-refractivity contribution in [2.24, 2.45) is 5.73 Å². The number of primary amides is 1. The van der Waals surface area contributed by atoms with Crippen molar-refractivity contribution < 1.29 is 19.1 Å². The molecule has 0 fully saturated rings. The average molecular weight is 382 g/mol. The fourth-order valence-corrected chi connectivity index (χ4v) is 2.56. The summed E-state index contributed by atoms with van der Waals surface area (Å²) in [6.07, 6.45) is 5.00. The Bertz CT molecular complexity index is 819. The van der Waals surface area contributed by atoms with E-state index in [0.717, 1.165) is 18.4 Å². The normalized spacial score (nSPS) is 11.8. The number of hydrogen-bond donors (Lipinski definition) is 2. The summed E-state index contributed by atoms with van der Waals surface area (Å²) in [6.45, 7) is 2.72. The minimum Gasteiger partial charge on any atom is -0.493 e. The van der Waals surface area contributed by atoms with Crippen LogP contribution in [0.1, 0.15) is 36.9 Å². The van der Waals surface area contributed by atoms with Gasteiger partial charge >= 0.3 is 0 Å². The van der Waals surface area contributed by atoms with Crippen molar-refractivity contribution in [1.29, 1.82) is 0 Å². The van der Waals surface area contributed by atoms with Crippen LogP contribution in [0.2, 0.25) is 0 Å². The minimum atomic E-state index is -0.887. The van der Waals surface area contributed by atoms with E-state index in [1.807, 2.05) is 18.2 Å². The highest BCUT2D eigenvalue weighted by atomic mass is 16.5. The van der Waals surface area contributed by atoms with Crippen LogP contribution in [0.4, 0.5) is 0 Å². The molecule has 6 heteroatoms. The molecule has 0 bridgehead atoms. The Hall–Kier alpha value is -3.28. The van der Waals surface area contributed by atoms with Gasteiger partial charge < -0.3 is 20.5 Å². The zero-order valence-corrected chi connectivity index (χ0v) is 16.2. The third-order valence-corrected chi connectivity index (χ3v) is 4.07. The fourth-order valence-electron chi connectivity index (χ4n) is 2.56. The quantitative estimate of drug-likeness (QED) is 0.488. The number of methoxy groups -OCH3 is 1. The van der Waals surface area contributed by atoms with E-state index in [-0.39, 0.29) is 0 Å². The number of ether oxygens (including phenoxy) is 2. The largest absolute Gasteiger partial charge is 0.493 e. The molecule has 0 radical (unpaired) electrons. The first-order valence-corrected chi connectivity index (χ1v) is 9.18. The Morgan fingerprint density at radius 3 is 2.54 bits per heavy atom. The Kier molecular flexibility index (Phi) is 8.09. The number of rotatable bonds is 10. The van der Waals surface area contributed by atoms with Gasteiger partial charge in [-0.15, -0.1) is 0 Å². The number of carbonyl (C=O) groups excluding carboxylic acids is 2. The highest BCUT2D eigenvalue weighted by Crippen LogP contribution is 2.28. The second-order valence-electron chi connectivity index (χ2n) is 6.20. The van der Waals surface area contributed by atoms with Crippen molar-refractivity contribution in [3.63, 3.8) is 0 Å². The molecule has 0 spiro atoms.